The lowest BCUT2D eigenvalue weighted by molar-refractivity contribution is -0.141. The fourth-order valence-corrected chi connectivity index (χ4v) is 1.43. The molecule has 0 heterocycles. The number of carbonyl (C=O) groups excluding carboxylic acids is 1. The number of aliphatic hydroxyl groups is 1. The van der Waals surface area contributed by atoms with Crippen molar-refractivity contribution in [1.29, 1.82) is 0 Å². The van der Waals surface area contributed by atoms with E-state index in [0.717, 1.165) is 0 Å². The van der Waals surface area contributed by atoms with Crippen LogP contribution >= 0.6 is 0 Å². The number of terminal acetylenes is 1. The summed E-state index contributed by atoms with van der Waals surface area (Å²) in [4.78, 5) is 22.7. The van der Waals surface area contributed by atoms with E-state index in [2.05, 4.69) is 23.1 Å². The Hall–Kier alpha value is -2.76. The number of carboxylic acids is 1. The van der Waals surface area contributed by atoms with Crippen molar-refractivity contribution < 1.29 is 19.8 Å². The van der Waals surface area contributed by atoms with E-state index in [4.69, 9.17) is 11.5 Å². The van der Waals surface area contributed by atoms with Gasteiger partial charge < -0.3 is 15.5 Å². The topological polar surface area (TPSA) is 86.6 Å². The normalized spacial score (nSPS) is 12.2. The van der Waals surface area contributed by atoms with Crippen LogP contribution in [0.15, 0.2) is 24.3 Å². The van der Waals surface area contributed by atoms with Gasteiger partial charge in [-0.25, -0.2) is 4.79 Å². The minimum atomic E-state index is -1.36. The zero-order valence-electron chi connectivity index (χ0n) is 10.8. The number of aliphatic hydroxyl groups excluding tert-OH is 1. The van der Waals surface area contributed by atoms with Crippen LogP contribution in [0, 0.1) is 24.2 Å². The fourth-order valence-electron chi connectivity index (χ4n) is 1.43. The number of rotatable bonds is 4. The van der Waals surface area contributed by atoms with Crippen LogP contribution in [0.4, 0.5) is 0 Å². The van der Waals surface area contributed by atoms with Crippen LogP contribution in [-0.2, 0) is 4.79 Å². The molecule has 0 aromatic heterocycles. The van der Waals surface area contributed by atoms with Gasteiger partial charge in [-0.2, -0.15) is 0 Å². The first-order chi connectivity index (χ1) is 9.45. The lowest BCUT2D eigenvalue weighted by Crippen LogP contribution is -2.47. The van der Waals surface area contributed by atoms with Gasteiger partial charge in [0.15, 0.2) is 6.04 Å². The summed E-state index contributed by atoms with van der Waals surface area (Å²) in [6, 6.07) is 4.83. The van der Waals surface area contributed by atoms with Crippen LogP contribution in [0.2, 0.25) is 0 Å². The molecule has 0 unspecified atom stereocenters. The summed E-state index contributed by atoms with van der Waals surface area (Å²) in [5.41, 5.74) is 0.910. The highest BCUT2D eigenvalue weighted by atomic mass is 16.4. The number of carboxylic acid groups (broad SMARTS) is 1. The largest absolute Gasteiger partial charge is 0.480 e. The Morgan fingerprint density at radius 1 is 1.30 bits per heavy atom. The Bertz CT molecular complexity index is 599. The quantitative estimate of drug-likeness (QED) is 0.684. The molecule has 5 nitrogen and oxygen atoms in total. The first kappa shape index (κ1) is 15.3. The molecule has 0 saturated carbocycles. The maximum Gasteiger partial charge on any atom is 0.328 e. The van der Waals surface area contributed by atoms with Crippen molar-refractivity contribution in [2.24, 2.45) is 0 Å². The SMILES string of the molecule is C#CC#Cc1ccc(C(=O)N[C@H](C(=O)O)[C@@H](C)O)cc1. The number of hydrogen-bond donors (Lipinski definition) is 3. The van der Waals surface area contributed by atoms with E-state index in [1.165, 1.54) is 19.1 Å². The van der Waals surface area contributed by atoms with Gasteiger partial charge in [-0.1, -0.05) is 5.92 Å². The van der Waals surface area contributed by atoms with Gasteiger partial charge in [0.25, 0.3) is 5.91 Å². The van der Waals surface area contributed by atoms with Crippen molar-refractivity contribution >= 4 is 11.9 Å². The number of amides is 1. The third-order valence-electron chi connectivity index (χ3n) is 2.46. The molecule has 1 amide bonds. The van der Waals surface area contributed by atoms with E-state index in [-0.39, 0.29) is 5.56 Å². The van der Waals surface area contributed by atoms with Gasteiger partial charge in [-0.3, -0.25) is 4.79 Å². The molecule has 0 aliphatic carbocycles. The molecule has 1 rings (SSSR count). The van der Waals surface area contributed by atoms with E-state index >= 15 is 0 Å². The van der Waals surface area contributed by atoms with Crippen LogP contribution in [0.25, 0.3) is 0 Å². The molecule has 5 heteroatoms. The summed E-state index contributed by atoms with van der Waals surface area (Å²) in [5.74, 6) is 5.41. The van der Waals surface area contributed by atoms with E-state index in [0.29, 0.717) is 5.56 Å². The second-order valence-electron chi connectivity index (χ2n) is 4.00. The minimum absolute atomic E-state index is 0.267. The van der Waals surface area contributed by atoms with Crippen LogP contribution in [0.5, 0.6) is 0 Å². The second kappa shape index (κ2) is 6.98. The molecule has 2 atom stereocenters. The van der Waals surface area contributed by atoms with Crippen molar-refractivity contribution in [2.45, 2.75) is 19.1 Å². The molecule has 102 valence electrons. The number of carbonyl (C=O) groups is 2. The maximum atomic E-state index is 11.8. The lowest BCUT2D eigenvalue weighted by atomic mass is 10.1. The molecule has 0 radical (unpaired) electrons. The zero-order valence-corrected chi connectivity index (χ0v) is 10.8. The van der Waals surface area contributed by atoms with Crippen LogP contribution in [0.1, 0.15) is 22.8 Å². The molecule has 3 N–H and O–H groups in total. The molecule has 0 aliphatic heterocycles. The molecule has 0 fully saturated rings. The molecular weight excluding hydrogens is 258 g/mol. The molecule has 0 aliphatic rings. The van der Waals surface area contributed by atoms with Gasteiger partial charge in [0.05, 0.1) is 6.10 Å². The molecule has 0 saturated heterocycles. The van der Waals surface area contributed by atoms with E-state index in [9.17, 15) is 14.7 Å². The molecule has 20 heavy (non-hydrogen) atoms. The van der Waals surface area contributed by atoms with Gasteiger partial charge in [0.2, 0.25) is 0 Å². The number of benzene rings is 1. The molecular formula is C15H13NO4. The summed E-state index contributed by atoms with van der Waals surface area (Å²) in [7, 11) is 0. The molecule has 0 bridgehead atoms. The zero-order chi connectivity index (χ0) is 15.1. The fraction of sp³-hybridized carbons (Fsp3) is 0.200. The predicted molar refractivity (Wildman–Crippen MR) is 72.7 cm³/mol. The minimum Gasteiger partial charge on any atom is -0.480 e. The van der Waals surface area contributed by atoms with Gasteiger partial charge in [-0.15, -0.1) is 6.42 Å². The second-order valence-corrected chi connectivity index (χ2v) is 4.00. The summed E-state index contributed by atoms with van der Waals surface area (Å²) < 4.78 is 0. The van der Waals surface area contributed by atoms with Gasteiger partial charge in [0.1, 0.15) is 0 Å². The summed E-state index contributed by atoms with van der Waals surface area (Å²) >= 11 is 0. The average Bonchev–Trinajstić information content (AvgIpc) is 2.42. The van der Waals surface area contributed by atoms with Crippen molar-refractivity contribution in [1.82, 2.24) is 5.32 Å². The van der Waals surface area contributed by atoms with Crippen LogP contribution < -0.4 is 5.32 Å². The smallest absolute Gasteiger partial charge is 0.328 e. The van der Waals surface area contributed by atoms with E-state index in [1.54, 1.807) is 12.1 Å². The number of aliphatic carboxylic acids is 1. The Morgan fingerprint density at radius 2 is 1.90 bits per heavy atom. The standard InChI is InChI=1S/C15H13NO4/c1-3-4-5-11-6-8-12(9-7-11)14(18)16-13(10(2)17)15(19)20/h1,6-10,13,17H,2H3,(H,16,18)(H,19,20)/t10-,13+/m1/s1. The highest BCUT2D eigenvalue weighted by molar-refractivity contribution is 5.96. The third-order valence-corrected chi connectivity index (χ3v) is 2.46. The highest BCUT2D eigenvalue weighted by Crippen LogP contribution is 2.04. The first-order valence-electron chi connectivity index (χ1n) is 5.74. The van der Waals surface area contributed by atoms with Crippen molar-refractivity contribution in [3.05, 3.63) is 35.4 Å². The summed E-state index contributed by atoms with van der Waals surface area (Å²) in [5, 5.41) is 20.4. The highest BCUT2D eigenvalue weighted by Gasteiger charge is 2.25. The van der Waals surface area contributed by atoms with E-state index in [1.807, 2.05) is 0 Å². The van der Waals surface area contributed by atoms with Gasteiger partial charge in [-0.05, 0) is 43.0 Å². The van der Waals surface area contributed by atoms with Crippen LogP contribution in [-0.4, -0.2) is 34.2 Å². The Balaban J connectivity index is 2.83. The first-order valence-corrected chi connectivity index (χ1v) is 5.74. The monoisotopic (exact) mass is 271 g/mol. The third kappa shape index (κ3) is 4.16. The number of hydrogen-bond acceptors (Lipinski definition) is 3. The summed E-state index contributed by atoms with van der Waals surface area (Å²) in [6.07, 6.45) is 3.80. The summed E-state index contributed by atoms with van der Waals surface area (Å²) in [6.45, 7) is 1.29. The predicted octanol–water partition coefficient (Wildman–Crippen LogP) is 0.235. The lowest BCUT2D eigenvalue weighted by Gasteiger charge is -2.16. The van der Waals surface area contributed by atoms with Crippen molar-refractivity contribution in [2.75, 3.05) is 0 Å². The Morgan fingerprint density at radius 3 is 2.35 bits per heavy atom. The molecule has 1 aromatic carbocycles. The van der Waals surface area contributed by atoms with Gasteiger partial charge >= 0.3 is 5.97 Å². The maximum absolute atomic E-state index is 11.8. The Kier molecular flexibility index (Phi) is 5.34. The molecule has 1 aromatic rings. The van der Waals surface area contributed by atoms with Gasteiger partial charge in [0, 0.05) is 11.1 Å². The Labute approximate surface area is 116 Å². The van der Waals surface area contributed by atoms with Crippen molar-refractivity contribution in [3.63, 3.8) is 0 Å². The van der Waals surface area contributed by atoms with E-state index < -0.39 is 24.0 Å². The number of nitrogens with one attached hydrogen (secondary N) is 1. The van der Waals surface area contributed by atoms with Crippen LogP contribution in [0.3, 0.4) is 0 Å². The van der Waals surface area contributed by atoms with Crippen molar-refractivity contribution in [3.8, 4) is 24.2 Å². The average molecular weight is 271 g/mol. The molecule has 0 spiro atoms.